The summed E-state index contributed by atoms with van der Waals surface area (Å²) in [5.41, 5.74) is 0.839. The van der Waals surface area contributed by atoms with Crippen molar-refractivity contribution in [3.8, 4) is 0 Å². The van der Waals surface area contributed by atoms with E-state index in [-0.39, 0.29) is 18.6 Å². The van der Waals surface area contributed by atoms with Gasteiger partial charge >= 0.3 is 5.97 Å². The number of carbonyl (C=O) groups is 1. The molecule has 92 valence electrons. The standard InChI is InChI=1S/C12H14ClNO2S/c13-10-4-2-1-3-9(10)7-16-12(15)11-8-17-6-5-14-11/h1-4,11,14H,5-8H2. The Balaban J connectivity index is 1.85. The maximum absolute atomic E-state index is 11.7. The molecule has 1 heterocycles. The van der Waals surface area contributed by atoms with E-state index in [1.165, 1.54) is 0 Å². The number of hydrogen-bond donors (Lipinski definition) is 1. The average Bonchev–Trinajstić information content (AvgIpc) is 2.38. The Morgan fingerprint density at radius 3 is 3.06 bits per heavy atom. The van der Waals surface area contributed by atoms with Crippen molar-refractivity contribution in [2.75, 3.05) is 18.1 Å². The summed E-state index contributed by atoms with van der Waals surface area (Å²) in [5, 5.41) is 3.77. The van der Waals surface area contributed by atoms with Crippen molar-refractivity contribution in [2.45, 2.75) is 12.6 Å². The van der Waals surface area contributed by atoms with Crippen LogP contribution in [0, 0.1) is 0 Å². The molecule has 0 bridgehead atoms. The van der Waals surface area contributed by atoms with E-state index in [0.29, 0.717) is 5.02 Å². The Labute approximate surface area is 110 Å². The first-order valence-corrected chi connectivity index (χ1v) is 7.02. The molecule has 0 radical (unpaired) electrons. The van der Waals surface area contributed by atoms with Gasteiger partial charge in [0.1, 0.15) is 12.6 Å². The predicted octanol–water partition coefficient (Wildman–Crippen LogP) is 2.09. The number of halogens is 1. The fourth-order valence-electron chi connectivity index (χ4n) is 1.58. The zero-order valence-corrected chi connectivity index (χ0v) is 10.9. The van der Waals surface area contributed by atoms with Crippen LogP contribution in [0.3, 0.4) is 0 Å². The van der Waals surface area contributed by atoms with Crippen LogP contribution in [0.1, 0.15) is 5.56 Å². The van der Waals surface area contributed by atoms with E-state index in [4.69, 9.17) is 16.3 Å². The molecule has 5 heteroatoms. The van der Waals surface area contributed by atoms with Crippen molar-refractivity contribution in [3.05, 3.63) is 34.9 Å². The van der Waals surface area contributed by atoms with E-state index in [0.717, 1.165) is 23.6 Å². The normalized spacial score (nSPS) is 19.9. The van der Waals surface area contributed by atoms with Gasteiger partial charge in [0, 0.05) is 28.6 Å². The van der Waals surface area contributed by atoms with E-state index in [9.17, 15) is 4.79 Å². The number of esters is 1. The largest absolute Gasteiger partial charge is 0.460 e. The highest BCUT2D eigenvalue weighted by molar-refractivity contribution is 7.99. The molecule has 1 atom stereocenters. The van der Waals surface area contributed by atoms with Gasteiger partial charge in [-0.2, -0.15) is 11.8 Å². The van der Waals surface area contributed by atoms with Gasteiger partial charge in [0.2, 0.25) is 0 Å². The van der Waals surface area contributed by atoms with Crippen molar-refractivity contribution < 1.29 is 9.53 Å². The molecule has 0 amide bonds. The number of rotatable bonds is 3. The van der Waals surface area contributed by atoms with Gasteiger partial charge in [-0.25, -0.2) is 0 Å². The zero-order valence-electron chi connectivity index (χ0n) is 9.32. The second kappa shape index (κ2) is 6.28. The number of carbonyl (C=O) groups excluding carboxylic acids is 1. The number of benzene rings is 1. The third kappa shape index (κ3) is 3.63. The lowest BCUT2D eigenvalue weighted by atomic mass is 10.2. The van der Waals surface area contributed by atoms with Crippen LogP contribution in [-0.2, 0) is 16.1 Å². The Morgan fingerprint density at radius 2 is 2.35 bits per heavy atom. The van der Waals surface area contributed by atoms with Crippen molar-refractivity contribution in [3.63, 3.8) is 0 Å². The van der Waals surface area contributed by atoms with Crippen molar-refractivity contribution >= 4 is 29.3 Å². The molecule has 1 saturated heterocycles. The summed E-state index contributed by atoms with van der Waals surface area (Å²) in [6.45, 7) is 1.10. The summed E-state index contributed by atoms with van der Waals surface area (Å²) in [4.78, 5) is 11.7. The van der Waals surface area contributed by atoms with E-state index in [1.54, 1.807) is 17.8 Å². The van der Waals surface area contributed by atoms with E-state index < -0.39 is 0 Å². The van der Waals surface area contributed by atoms with Gasteiger partial charge in [0.25, 0.3) is 0 Å². The number of nitrogens with one attached hydrogen (secondary N) is 1. The van der Waals surface area contributed by atoms with Crippen LogP contribution < -0.4 is 5.32 Å². The Kier molecular flexibility index (Phi) is 4.71. The minimum atomic E-state index is -0.197. The van der Waals surface area contributed by atoms with Crippen LogP contribution >= 0.6 is 23.4 Å². The smallest absolute Gasteiger partial charge is 0.324 e. The molecule has 1 fully saturated rings. The van der Waals surface area contributed by atoms with Gasteiger partial charge in [-0.3, -0.25) is 4.79 Å². The molecule has 1 N–H and O–H groups in total. The molecular weight excluding hydrogens is 258 g/mol. The molecule has 0 aliphatic carbocycles. The maximum atomic E-state index is 11.7. The average molecular weight is 272 g/mol. The summed E-state index contributed by atoms with van der Waals surface area (Å²) in [6, 6.07) is 7.20. The van der Waals surface area contributed by atoms with E-state index in [1.807, 2.05) is 18.2 Å². The molecule has 1 aromatic carbocycles. The highest BCUT2D eigenvalue weighted by Gasteiger charge is 2.22. The molecule has 2 rings (SSSR count). The lowest BCUT2D eigenvalue weighted by molar-refractivity contribution is -0.146. The van der Waals surface area contributed by atoms with E-state index >= 15 is 0 Å². The van der Waals surface area contributed by atoms with Crippen LogP contribution in [0.2, 0.25) is 5.02 Å². The third-order valence-corrected chi connectivity index (χ3v) is 3.96. The number of ether oxygens (including phenoxy) is 1. The van der Waals surface area contributed by atoms with Gasteiger partial charge in [-0.15, -0.1) is 0 Å². The fourth-order valence-corrected chi connectivity index (χ4v) is 2.69. The van der Waals surface area contributed by atoms with Crippen molar-refractivity contribution in [2.24, 2.45) is 0 Å². The summed E-state index contributed by atoms with van der Waals surface area (Å²) < 4.78 is 5.25. The van der Waals surface area contributed by atoms with Crippen molar-refractivity contribution in [1.29, 1.82) is 0 Å². The number of hydrogen-bond acceptors (Lipinski definition) is 4. The molecular formula is C12H14ClNO2S. The first-order valence-electron chi connectivity index (χ1n) is 5.48. The highest BCUT2D eigenvalue weighted by Crippen LogP contribution is 2.16. The summed E-state index contributed by atoms with van der Waals surface area (Å²) in [6.07, 6.45) is 0. The molecule has 1 aliphatic rings. The predicted molar refractivity (Wildman–Crippen MR) is 70.4 cm³/mol. The van der Waals surface area contributed by atoms with Crippen LogP contribution in [0.5, 0.6) is 0 Å². The van der Waals surface area contributed by atoms with Gasteiger partial charge < -0.3 is 10.1 Å². The SMILES string of the molecule is O=C(OCc1ccccc1Cl)C1CSCCN1. The number of thioether (sulfide) groups is 1. The topological polar surface area (TPSA) is 38.3 Å². The first-order chi connectivity index (χ1) is 8.27. The lowest BCUT2D eigenvalue weighted by Gasteiger charge is -2.21. The molecule has 1 unspecified atom stereocenters. The van der Waals surface area contributed by atoms with E-state index in [2.05, 4.69) is 5.32 Å². The quantitative estimate of drug-likeness (QED) is 0.855. The van der Waals surface area contributed by atoms with Gasteiger partial charge in [-0.1, -0.05) is 29.8 Å². The van der Waals surface area contributed by atoms with Gasteiger partial charge in [0.15, 0.2) is 0 Å². The third-order valence-electron chi connectivity index (χ3n) is 2.53. The molecule has 0 aromatic heterocycles. The molecule has 3 nitrogen and oxygen atoms in total. The van der Waals surface area contributed by atoms with Gasteiger partial charge in [0.05, 0.1) is 0 Å². The molecule has 0 saturated carbocycles. The minimum absolute atomic E-state index is 0.184. The molecule has 0 spiro atoms. The molecule has 1 aliphatic heterocycles. The van der Waals surface area contributed by atoms with Crippen LogP contribution in [0.4, 0.5) is 0 Å². The molecule has 1 aromatic rings. The minimum Gasteiger partial charge on any atom is -0.460 e. The summed E-state index contributed by atoms with van der Waals surface area (Å²) >= 11 is 7.75. The van der Waals surface area contributed by atoms with Crippen LogP contribution in [-0.4, -0.2) is 30.1 Å². The van der Waals surface area contributed by atoms with Gasteiger partial charge in [-0.05, 0) is 6.07 Å². The molecule has 17 heavy (non-hydrogen) atoms. The maximum Gasteiger partial charge on any atom is 0.324 e. The summed E-state index contributed by atoms with van der Waals surface area (Å²) in [5.74, 6) is 1.63. The Hall–Kier alpha value is -0.710. The Morgan fingerprint density at radius 1 is 1.53 bits per heavy atom. The fraction of sp³-hybridized carbons (Fsp3) is 0.417. The van der Waals surface area contributed by atoms with Crippen LogP contribution in [0.15, 0.2) is 24.3 Å². The Bertz CT molecular complexity index is 394. The second-order valence-electron chi connectivity index (χ2n) is 3.78. The highest BCUT2D eigenvalue weighted by atomic mass is 35.5. The zero-order chi connectivity index (χ0) is 12.1. The van der Waals surface area contributed by atoms with Crippen molar-refractivity contribution in [1.82, 2.24) is 5.32 Å². The first kappa shape index (κ1) is 12.7. The monoisotopic (exact) mass is 271 g/mol. The lowest BCUT2D eigenvalue weighted by Crippen LogP contribution is -2.44. The van der Waals surface area contributed by atoms with Crippen LogP contribution in [0.25, 0.3) is 0 Å². The second-order valence-corrected chi connectivity index (χ2v) is 5.34. The summed E-state index contributed by atoms with van der Waals surface area (Å²) in [7, 11) is 0.